The van der Waals surface area contributed by atoms with E-state index in [4.69, 9.17) is 5.73 Å². The summed E-state index contributed by atoms with van der Waals surface area (Å²) in [7, 11) is 1.64. The lowest BCUT2D eigenvalue weighted by Gasteiger charge is -2.16. The summed E-state index contributed by atoms with van der Waals surface area (Å²) in [6.45, 7) is 5.61. The lowest BCUT2D eigenvalue weighted by molar-refractivity contribution is -0.123. The third-order valence-electron chi connectivity index (χ3n) is 5.50. The Labute approximate surface area is 192 Å². The number of amides is 1. The van der Waals surface area contributed by atoms with Gasteiger partial charge in [0.2, 0.25) is 5.84 Å². The average molecular weight is 454 g/mol. The van der Waals surface area contributed by atoms with Gasteiger partial charge < -0.3 is 15.6 Å². The second-order valence-corrected chi connectivity index (χ2v) is 8.11. The number of amidine groups is 1. The number of carbonyl (C=O) groups excluding carboxylic acids is 1. The normalized spacial score (nSPS) is 14.8. The number of nitrogens with one attached hydrogen (secondary N) is 1. The van der Waals surface area contributed by atoms with Crippen LogP contribution in [0.2, 0.25) is 0 Å². The van der Waals surface area contributed by atoms with E-state index >= 15 is 0 Å². The number of likely N-dealkylation sites (N-methyl/N-ethyl adjacent to an activating group) is 1. The van der Waals surface area contributed by atoms with Gasteiger partial charge in [0.1, 0.15) is 0 Å². The van der Waals surface area contributed by atoms with Crippen molar-refractivity contribution in [1.82, 2.24) is 19.4 Å². The predicted molar refractivity (Wildman–Crippen MR) is 129 cm³/mol. The van der Waals surface area contributed by atoms with Crippen LogP contribution < -0.4 is 16.9 Å². The summed E-state index contributed by atoms with van der Waals surface area (Å²) >= 11 is 0. The highest BCUT2D eigenvalue weighted by Crippen LogP contribution is 2.16. The van der Waals surface area contributed by atoms with Crippen LogP contribution >= 0.6 is 0 Å². The molecule has 10 nitrogen and oxygen atoms in total. The molecule has 3 rings (SSSR count). The molecule has 1 aromatic carbocycles. The number of hydrogen-bond donors (Lipinski definition) is 2. The smallest absolute Gasteiger partial charge is 0.318 e. The van der Waals surface area contributed by atoms with Crippen molar-refractivity contribution in [3.05, 3.63) is 62.3 Å². The Morgan fingerprint density at radius 1 is 1.21 bits per heavy atom. The molecule has 1 aliphatic rings. The number of rotatable bonds is 7. The van der Waals surface area contributed by atoms with Gasteiger partial charge in [-0.25, -0.2) is 9.98 Å². The highest BCUT2D eigenvalue weighted by molar-refractivity contribution is 6.39. The average Bonchev–Trinajstić information content (AvgIpc) is 3.31. The Hall–Kier alpha value is -3.53. The van der Waals surface area contributed by atoms with Gasteiger partial charge in [-0.2, -0.15) is 0 Å². The monoisotopic (exact) mass is 453 g/mol. The minimum Gasteiger partial charge on any atom is -0.390 e. The van der Waals surface area contributed by atoms with E-state index in [0.29, 0.717) is 6.54 Å². The van der Waals surface area contributed by atoms with Crippen LogP contribution in [0.1, 0.15) is 37.3 Å². The fourth-order valence-electron chi connectivity index (χ4n) is 3.87. The Morgan fingerprint density at radius 2 is 1.91 bits per heavy atom. The SMILES string of the molecule is CCCN(C)C(=O)C(N=CN)=Nc1c[nH]c(=O)c(=O)n1Cc1cccc(CN2CCCC2)c1. The van der Waals surface area contributed by atoms with Gasteiger partial charge in [0.15, 0.2) is 5.82 Å². The molecule has 0 saturated carbocycles. The Kier molecular flexibility index (Phi) is 8.31. The lowest BCUT2D eigenvalue weighted by Crippen LogP contribution is -2.37. The van der Waals surface area contributed by atoms with Gasteiger partial charge in [-0.15, -0.1) is 0 Å². The summed E-state index contributed by atoms with van der Waals surface area (Å²) in [4.78, 5) is 51.9. The second-order valence-electron chi connectivity index (χ2n) is 8.11. The van der Waals surface area contributed by atoms with Gasteiger partial charge in [0.25, 0.3) is 5.91 Å². The first-order chi connectivity index (χ1) is 15.9. The maximum absolute atomic E-state index is 12.7. The third-order valence-corrected chi connectivity index (χ3v) is 5.50. The van der Waals surface area contributed by atoms with Gasteiger partial charge in [-0.3, -0.25) is 23.9 Å². The first-order valence-corrected chi connectivity index (χ1v) is 11.1. The summed E-state index contributed by atoms with van der Waals surface area (Å²) in [5.41, 5.74) is 5.90. The zero-order chi connectivity index (χ0) is 23.8. The molecule has 1 amide bonds. The molecule has 1 aromatic heterocycles. The number of nitrogens with zero attached hydrogens (tertiary/aromatic N) is 5. The van der Waals surface area contributed by atoms with E-state index in [9.17, 15) is 14.4 Å². The van der Waals surface area contributed by atoms with Crippen molar-refractivity contribution in [3.8, 4) is 0 Å². The lowest BCUT2D eigenvalue weighted by atomic mass is 10.1. The van der Waals surface area contributed by atoms with Crippen LogP contribution in [0.25, 0.3) is 0 Å². The summed E-state index contributed by atoms with van der Waals surface area (Å²) in [6.07, 6.45) is 5.47. The minimum absolute atomic E-state index is 0.114. The van der Waals surface area contributed by atoms with Crippen LogP contribution in [-0.4, -0.2) is 64.1 Å². The molecule has 1 aliphatic heterocycles. The molecule has 0 spiro atoms. The minimum atomic E-state index is -0.763. The molecule has 2 aromatic rings. The largest absolute Gasteiger partial charge is 0.390 e. The fraction of sp³-hybridized carbons (Fsp3) is 0.435. The van der Waals surface area contributed by atoms with Crippen molar-refractivity contribution in [1.29, 1.82) is 0 Å². The molecule has 0 radical (unpaired) electrons. The fourth-order valence-corrected chi connectivity index (χ4v) is 3.87. The molecule has 0 aliphatic carbocycles. The number of nitrogens with two attached hydrogens (primary N) is 1. The van der Waals surface area contributed by atoms with Crippen LogP contribution in [0.5, 0.6) is 0 Å². The second kappa shape index (κ2) is 11.4. The van der Waals surface area contributed by atoms with Crippen LogP contribution in [0.4, 0.5) is 5.82 Å². The van der Waals surface area contributed by atoms with E-state index in [0.717, 1.165) is 43.5 Å². The Bertz CT molecular complexity index is 1140. The topological polar surface area (TPSA) is 129 Å². The molecular weight excluding hydrogens is 422 g/mol. The summed E-state index contributed by atoms with van der Waals surface area (Å²) in [5, 5.41) is 0. The van der Waals surface area contributed by atoms with Crippen LogP contribution in [-0.2, 0) is 17.9 Å². The Morgan fingerprint density at radius 3 is 2.58 bits per heavy atom. The first-order valence-electron chi connectivity index (χ1n) is 11.1. The maximum atomic E-state index is 12.7. The first kappa shape index (κ1) is 24.1. The van der Waals surface area contributed by atoms with Crippen LogP contribution in [0, 0.1) is 0 Å². The highest BCUT2D eigenvalue weighted by atomic mass is 16.2. The van der Waals surface area contributed by atoms with Crippen molar-refractivity contribution in [2.45, 2.75) is 39.3 Å². The molecular formula is C23H31N7O3. The van der Waals surface area contributed by atoms with Gasteiger partial charge in [0, 0.05) is 26.3 Å². The van der Waals surface area contributed by atoms with Crippen molar-refractivity contribution >= 4 is 23.9 Å². The highest BCUT2D eigenvalue weighted by Gasteiger charge is 2.17. The van der Waals surface area contributed by atoms with E-state index < -0.39 is 17.0 Å². The summed E-state index contributed by atoms with van der Waals surface area (Å²) < 4.78 is 1.24. The zero-order valence-electron chi connectivity index (χ0n) is 19.2. The van der Waals surface area contributed by atoms with Gasteiger partial charge in [0.05, 0.1) is 12.9 Å². The number of likely N-dealkylation sites (tertiary alicyclic amines) is 1. The van der Waals surface area contributed by atoms with Crippen LogP contribution in [0.3, 0.4) is 0 Å². The standard InChI is InChI=1S/C23H31N7O3/c1-3-9-28(2)22(32)20(26-16-24)27-19-13-25-21(31)23(33)30(19)15-18-8-6-7-17(12-18)14-29-10-4-5-11-29/h6-8,12-13,16H,3-5,9-11,14-15H2,1-2H3,(H,25,31)(H2,24,26,27). The molecule has 33 heavy (non-hydrogen) atoms. The van der Waals surface area contributed by atoms with E-state index in [2.05, 4.69) is 25.9 Å². The summed E-state index contributed by atoms with van der Waals surface area (Å²) in [6, 6.07) is 7.92. The quantitative estimate of drug-likeness (QED) is 0.368. The molecule has 0 atom stereocenters. The van der Waals surface area contributed by atoms with Gasteiger partial charge in [-0.05, 0) is 43.5 Å². The van der Waals surface area contributed by atoms with E-state index in [1.807, 2.05) is 25.1 Å². The molecule has 1 saturated heterocycles. The molecule has 2 heterocycles. The van der Waals surface area contributed by atoms with Crippen molar-refractivity contribution in [2.75, 3.05) is 26.7 Å². The predicted octanol–water partition coefficient (Wildman–Crippen LogP) is 1.07. The number of carbonyl (C=O) groups is 1. The van der Waals surface area contributed by atoms with Crippen molar-refractivity contribution in [3.63, 3.8) is 0 Å². The maximum Gasteiger partial charge on any atom is 0.318 e. The molecule has 0 bridgehead atoms. The third kappa shape index (κ3) is 6.26. The number of benzene rings is 1. The van der Waals surface area contributed by atoms with Gasteiger partial charge >= 0.3 is 11.1 Å². The number of aromatic nitrogens is 2. The Balaban J connectivity index is 1.95. The molecule has 0 unspecified atom stereocenters. The number of aliphatic imine (C=N–C) groups is 2. The number of aromatic amines is 1. The van der Waals surface area contributed by atoms with E-state index in [1.54, 1.807) is 7.05 Å². The number of hydrogen-bond acceptors (Lipinski definition) is 5. The van der Waals surface area contributed by atoms with Crippen molar-refractivity contribution < 1.29 is 4.79 Å². The van der Waals surface area contributed by atoms with E-state index in [-0.39, 0.29) is 18.2 Å². The van der Waals surface area contributed by atoms with E-state index in [1.165, 1.54) is 28.5 Å². The van der Waals surface area contributed by atoms with Gasteiger partial charge in [-0.1, -0.05) is 31.2 Å². The molecule has 1 fully saturated rings. The summed E-state index contributed by atoms with van der Waals surface area (Å²) in [5.74, 6) is -0.490. The zero-order valence-corrected chi connectivity index (χ0v) is 19.2. The molecule has 176 valence electrons. The molecule has 10 heteroatoms. The molecule has 3 N–H and O–H groups in total. The number of H-pyrrole nitrogens is 1. The van der Waals surface area contributed by atoms with Crippen molar-refractivity contribution in [2.24, 2.45) is 15.7 Å². The van der Waals surface area contributed by atoms with Crippen LogP contribution in [0.15, 0.2) is 50.0 Å².